The van der Waals surface area contributed by atoms with Crippen LogP contribution in [0.1, 0.15) is 133 Å². The van der Waals surface area contributed by atoms with Crippen molar-refractivity contribution >= 4 is 0 Å². The molecule has 0 saturated heterocycles. The molecule has 0 radical (unpaired) electrons. The maximum absolute atomic E-state index is 12.0. The van der Waals surface area contributed by atoms with Crippen molar-refractivity contribution in [1.29, 1.82) is 0 Å². The van der Waals surface area contributed by atoms with E-state index in [0.717, 1.165) is 0 Å². The third kappa shape index (κ3) is 15.9. The molecule has 0 aliphatic heterocycles. The molecule has 0 saturated carbocycles. The van der Waals surface area contributed by atoms with Crippen LogP contribution in [0.5, 0.6) is 23.0 Å². The summed E-state index contributed by atoms with van der Waals surface area (Å²) in [7, 11) is 0. The SMILES string of the molecule is CC(C)(C)c1ccc(C(C)(C)C)c([O-])c1[O-].CC(C)(C)c1ccc(C(C)(C)C)c([O-])c1[O-].CC(C)[O-].CC(C)[O-].[Mo]. The Balaban J connectivity index is -0.000000548. The molecule has 0 fully saturated rings. The zero-order valence-corrected chi connectivity index (χ0v) is 30.3. The van der Waals surface area contributed by atoms with Gasteiger partial charge in [0.05, 0.1) is 0 Å². The fraction of sp³-hybridized carbons (Fsp3) is 0.647. The van der Waals surface area contributed by atoms with Gasteiger partial charge in [0, 0.05) is 21.1 Å². The largest absolute Gasteiger partial charge is 0.873 e. The molecule has 0 N–H and O–H groups in total. The topological polar surface area (TPSA) is 138 Å². The first kappa shape index (κ1) is 43.7. The van der Waals surface area contributed by atoms with Gasteiger partial charge in [0.25, 0.3) is 0 Å². The summed E-state index contributed by atoms with van der Waals surface area (Å²) in [6.45, 7) is 29.8. The van der Waals surface area contributed by atoms with Crippen molar-refractivity contribution in [3.05, 3.63) is 46.5 Å². The van der Waals surface area contributed by atoms with E-state index >= 15 is 0 Å². The van der Waals surface area contributed by atoms with Crippen LogP contribution in [0.3, 0.4) is 0 Å². The Morgan fingerprint density at radius 1 is 0.390 bits per heavy atom. The molecule has 2 rings (SSSR count). The van der Waals surface area contributed by atoms with E-state index in [1.54, 1.807) is 52.0 Å². The molecule has 7 heteroatoms. The van der Waals surface area contributed by atoms with Crippen LogP contribution in [0.2, 0.25) is 0 Å². The third-order valence-corrected chi connectivity index (χ3v) is 5.46. The zero-order chi connectivity index (χ0) is 32.6. The third-order valence-electron chi connectivity index (χ3n) is 5.46. The van der Waals surface area contributed by atoms with E-state index in [9.17, 15) is 30.6 Å². The maximum Gasteiger partial charge on any atom is 0 e. The van der Waals surface area contributed by atoms with Crippen LogP contribution in [0.25, 0.3) is 0 Å². The number of hydrogen-bond acceptors (Lipinski definition) is 6. The van der Waals surface area contributed by atoms with Crippen molar-refractivity contribution in [3.8, 4) is 23.0 Å². The summed E-state index contributed by atoms with van der Waals surface area (Å²) in [5.41, 5.74) is 1.32. The first-order valence-corrected chi connectivity index (χ1v) is 13.9. The van der Waals surface area contributed by atoms with Gasteiger partial charge in [0.1, 0.15) is 0 Å². The summed E-state index contributed by atoms with van der Waals surface area (Å²) in [6.07, 6.45) is -0.833. The standard InChI is InChI=1S/2C14H22O2.2C3H7O.Mo/c2*1-13(2,3)9-7-8-10(14(4,5)6)12(16)11(9)15;2*1-3(2)4;/h2*7-8,15-16H,1-6H3;2*3H,1-2H3;/q;;2*-1;/p-4. The Bertz CT molecular complexity index is 878. The van der Waals surface area contributed by atoms with Gasteiger partial charge in [-0.2, -0.15) is 0 Å². The molecule has 0 atom stereocenters. The second-order valence-corrected chi connectivity index (χ2v) is 14.7. The predicted octanol–water partition coefficient (Wildman–Crippen LogP) is 4.37. The van der Waals surface area contributed by atoms with Crippen LogP contribution in [0.4, 0.5) is 0 Å². The number of hydrogen-bond donors (Lipinski definition) is 0. The van der Waals surface area contributed by atoms with E-state index in [1.165, 1.54) is 0 Å². The summed E-state index contributed by atoms with van der Waals surface area (Å²) in [6, 6.07) is 7.18. The van der Waals surface area contributed by atoms with E-state index in [4.69, 9.17) is 0 Å². The zero-order valence-electron chi connectivity index (χ0n) is 28.3. The molecule has 0 bridgehead atoms. The van der Waals surface area contributed by atoms with Gasteiger partial charge >= 0.3 is 0 Å². The molecular weight excluding hydrogens is 600 g/mol. The fourth-order valence-electron chi connectivity index (χ4n) is 3.49. The molecule has 238 valence electrons. The molecule has 2 aromatic rings. The van der Waals surface area contributed by atoms with Crippen LogP contribution < -0.4 is 30.6 Å². The van der Waals surface area contributed by atoms with Gasteiger partial charge in [-0.3, -0.25) is 0 Å². The van der Waals surface area contributed by atoms with E-state index in [1.807, 2.05) is 83.1 Å². The van der Waals surface area contributed by atoms with Crippen LogP contribution in [0, 0.1) is 0 Å². The predicted molar refractivity (Wildman–Crippen MR) is 156 cm³/mol. The number of benzene rings is 2. The van der Waals surface area contributed by atoms with Crippen molar-refractivity contribution < 1.29 is 51.7 Å². The van der Waals surface area contributed by atoms with Gasteiger partial charge in [0.15, 0.2) is 0 Å². The van der Waals surface area contributed by atoms with E-state index < -0.39 is 12.2 Å². The molecule has 0 heterocycles. The van der Waals surface area contributed by atoms with E-state index in [-0.39, 0.29) is 65.7 Å². The fourth-order valence-corrected chi connectivity index (χ4v) is 3.49. The first-order chi connectivity index (χ1) is 17.6. The molecule has 6 nitrogen and oxygen atoms in total. The van der Waals surface area contributed by atoms with Crippen molar-refractivity contribution in [1.82, 2.24) is 0 Å². The molecule has 0 spiro atoms. The summed E-state index contributed by atoms with van der Waals surface area (Å²) in [4.78, 5) is 0. The van der Waals surface area contributed by atoms with Crippen molar-refractivity contribution in [3.63, 3.8) is 0 Å². The maximum atomic E-state index is 12.0. The Morgan fingerprint density at radius 2 is 0.488 bits per heavy atom. The molecule has 41 heavy (non-hydrogen) atoms. The van der Waals surface area contributed by atoms with Crippen molar-refractivity contribution in [2.24, 2.45) is 0 Å². The summed E-state index contributed by atoms with van der Waals surface area (Å²) in [5, 5.41) is 66.9. The van der Waals surface area contributed by atoms with Crippen molar-refractivity contribution in [2.45, 2.75) is 145 Å². The van der Waals surface area contributed by atoms with Crippen LogP contribution in [-0.2, 0) is 42.7 Å². The first-order valence-electron chi connectivity index (χ1n) is 13.9. The second kappa shape index (κ2) is 16.8. The average molecular weight is 655 g/mol. The Kier molecular flexibility index (Phi) is 17.9. The average Bonchev–Trinajstić information content (AvgIpc) is 2.68. The molecule has 0 unspecified atom stereocenters. The van der Waals surface area contributed by atoms with Gasteiger partial charge in [-0.15, -0.1) is 35.2 Å². The van der Waals surface area contributed by atoms with E-state index in [0.29, 0.717) is 22.3 Å². The summed E-state index contributed by atoms with van der Waals surface area (Å²) >= 11 is 0. The monoisotopic (exact) mass is 656 g/mol. The summed E-state index contributed by atoms with van der Waals surface area (Å²) in [5.74, 6) is -1.39. The molecule has 0 aromatic heterocycles. The summed E-state index contributed by atoms with van der Waals surface area (Å²) < 4.78 is 0. The Labute approximate surface area is 265 Å². The van der Waals surface area contributed by atoms with E-state index in [2.05, 4.69) is 0 Å². The number of rotatable bonds is 0. The Hall–Kier alpha value is -1.75. The van der Waals surface area contributed by atoms with Gasteiger partial charge in [0.2, 0.25) is 0 Å². The van der Waals surface area contributed by atoms with Gasteiger partial charge in [-0.1, -0.05) is 157 Å². The normalized spacial score (nSPS) is 11.8. The van der Waals surface area contributed by atoms with Gasteiger partial charge < -0.3 is 30.6 Å². The molecule has 0 aliphatic carbocycles. The van der Waals surface area contributed by atoms with Crippen LogP contribution in [-0.4, -0.2) is 12.2 Å². The molecule has 0 aliphatic rings. The smallest absolute Gasteiger partial charge is 0 e. The molecular formula is C34H54MoO6-6. The van der Waals surface area contributed by atoms with Crippen LogP contribution >= 0.6 is 0 Å². The minimum absolute atomic E-state index is 0. The molecule has 0 amide bonds. The molecule has 2 aromatic carbocycles. The minimum atomic E-state index is -0.417. The second-order valence-electron chi connectivity index (χ2n) is 14.7. The minimum Gasteiger partial charge on any atom is -0.873 e. The van der Waals surface area contributed by atoms with Gasteiger partial charge in [-0.25, -0.2) is 0 Å². The Morgan fingerprint density at radius 3 is 0.561 bits per heavy atom. The van der Waals surface area contributed by atoms with Crippen LogP contribution in [0.15, 0.2) is 24.3 Å². The van der Waals surface area contributed by atoms with Crippen molar-refractivity contribution in [2.75, 3.05) is 0 Å². The van der Waals surface area contributed by atoms with Gasteiger partial charge in [-0.05, 0) is 21.7 Å². The quantitative estimate of drug-likeness (QED) is 0.387.